The highest BCUT2D eigenvalue weighted by Gasteiger charge is 2.40. The lowest BCUT2D eigenvalue weighted by molar-refractivity contribution is 0.0699. The zero-order chi connectivity index (χ0) is 13.8. The molecule has 2 aromatic rings. The maximum absolute atomic E-state index is 11.3. The van der Waals surface area contributed by atoms with E-state index >= 15 is 0 Å². The molecule has 1 aliphatic carbocycles. The molecule has 1 saturated carbocycles. The average molecular weight is 258 g/mol. The first kappa shape index (κ1) is 12.2. The topological polar surface area (TPSA) is 55.1 Å². The number of hydrogen-bond acceptors (Lipinski definition) is 2. The molecule has 0 amide bonds. The minimum atomic E-state index is -0.917. The van der Waals surface area contributed by atoms with Gasteiger partial charge >= 0.3 is 5.97 Å². The van der Waals surface area contributed by atoms with Crippen LogP contribution in [0.4, 0.5) is 0 Å². The lowest BCUT2D eigenvalue weighted by Crippen LogP contribution is -2.29. The summed E-state index contributed by atoms with van der Waals surface area (Å²) in [6.07, 6.45) is 2.48. The van der Waals surface area contributed by atoms with Crippen molar-refractivity contribution in [2.75, 3.05) is 0 Å². The predicted molar refractivity (Wildman–Crippen MR) is 73.5 cm³/mol. The number of carbonyl (C=O) groups is 1. The number of para-hydroxylation sites is 1. The van der Waals surface area contributed by atoms with E-state index in [0.29, 0.717) is 11.4 Å². The van der Waals surface area contributed by atoms with E-state index < -0.39 is 5.97 Å². The van der Waals surface area contributed by atoms with Crippen molar-refractivity contribution in [3.63, 3.8) is 0 Å². The SMILES string of the molecule is Cc1nc2c(C(=O)O)cccc2n1C(C)(C)C1CC1. The molecule has 4 nitrogen and oxygen atoms in total. The zero-order valence-corrected chi connectivity index (χ0v) is 11.5. The molecular formula is C15H18N2O2. The molecule has 0 radical (unpaired) electrons. The van der Waals surface area contributed by atoms with Crippen molar-refractivity contribution in [2.45, 2.75) is 39.2 Å². The molecule has 100 valence electrons. The van der Waals surface area contributed by atoms with E-state index in [9.17, 15) is 9.90 Å². The first-order valence-corrected chi connectivity index (χ1v) is 6.64. The third-order valence-electron chi connectivity index (χ3n) is 4.24. The Morgan fingerprint density at radius 3 is 2.68 bits per heavy atom. The van der Waals surface area contributed by atoms with Crippen LogP contribution in [0.5, 0.6) is 0 Å². The van der Waals surface area contributed by atoms with Crippen LogP contribution in [0.15, 0.2) is 18.2 Å². The van der Waals surface area contributed by atoms with Gasteiger partial charge in [-0.3, -0.25) is 0 Å². The van der Waals surface area contributed by atoms with Crippen LogP contribution in [-0.4, -0.2) is 20.6 Å². The molecule has 0 unspecified atom stereocenters. The van der Waals surface area contributed by atoms with Gasteiger partial charge in [0.25, 0.3) is 0 Å². The van der Waals surface area contributed by atoms with E-state index in [2.05, 4.69) is 23.4 Å². The number of hydrogen-bond donors (Lipinski definition) is 1. The second-order valence-corrected chi connectivity index (χ2v) is 5.90. The summed E-state index contributed by atoms with van der Waals surface area (Å²) in [5.74, 6) is 0.636. The van der Waals surface area contributed by atoms with Crippen molar-refractivity contribution < 1.29 is 9.90 Å². The third kappa shape index (κ3) is 1.74. The fourth-order valence-electron chi connectivity index (χ4n) is 3.09. The quantitative estimate of drug-likeness (QED) is 0.919. The Hall–Kier alpha value is -1.84. The summed E-state index contributed by atoms with van der Waals surface area (Å²) in [6, 6.07) is 5.38. The summed E-state index contributed by atoms with van der Waals surface area (Å²) >= 11 is 0. The van der Waals surface area contributed by atoms with Gasteiger partial charge in [0.2, 0.25) is 0 Å². The monoisotopic (exact) mass is 258 g/mol. The van der Waals surface area contributed by atoms with Gasteiger partial charge in [0.15, 0.2) is 0 Å². The second-order valence-electron chi connectivity index (χ2n) is 5.90. The van der Waals surface area contributed by atoms with E-state index in [0.717, 1.165) is 11.3 Å². The first-order chi connectivity index (χ1) is 8.93. The molecule has 1 aromatic heterocycles. The molecule has 1 heterocycles. The van der Waals surface area contributed by atoms with Crippen molar-refractivity contribution in [1.29, 1.82) is 0 Å². The summed E-state index contributed by atoms with van der Waals surface area (Å²) in [7, 11) is 0. The maximum Gasteiger partial charge on any atom is 0.337 e. The number of carboxylic acid groups (broad SMARTS) is 1. The van der Waals surface area contributed by atoms with E-state index in [-0.39, 0.29) is 11.1 Å². The highest BCUT2D eigenvalue weighted by molar-refractivity contribution is 6.01. The van der Waals surface area contributed by atoms with Crippen molar-refractivity contribution >= 4 is 17.0 Å². The Labute approximate surface area is 112 Å². The Balaban J connectivity index is 2.29. The minimum Gasteiger partial charge on any atom is -0.478 e. The number of rotatable bonds is 3. The molecule has 4 heteroatoms. The fraction of sp³-hybridized carbons (Fsp3) is 0.467. The molecule has 1 fully saturated rings. The van der Waals surface area contributed by atoms with Crippen molar-refractivity contribution in [1.82, 2.24) is 9.55 Å². The number of aromatic nitrogens is 2. The Morgan fingerprint density at radius 1 is 1.42 bits per heavy atom. The van der Waals surface area contributed by atoms with Crippen LogP contribution in [-0.2, 0) is 5.54 Å². The molecule has 0 spiro atoms. The van der Waals surface area contributed by atoms with E-state index in [1.165, 1.54) is 12.8 Å². The normalized spacial score (nSPS) is 15.9. The first-order valence-electron chi connectivity index (χ1n) is 6.64. The number of carboxylic acids is 1. The van der Waals surface area contributed by atoms with Gasteiger partial charge in [0, 0.05) is 5.54 Å². The highest BCUT2D eigenvalue weighted by atomic mass is 16.4. The van der Waals surface area contributed by atoms with Crippen LogP contribution in [0.25, 0.3) is 11.0 Å². The molecular weight excluding hydrogens is 240 g/mol. The van der Waals surface area contributed by atoms with Gasteiger partial charge in [-0.1, -0.05) is 6.07 Å². The van der Waals surface area contributed by atoms with Crippen LogP contribution < -0.4 is 0 Å². The molecule has 19 heavy (non-hydrogen) atoms. The van der Waals surface area contributed by atoms with Crippen LogP contribution >= 0.6 is 0 Å². The van der Waals surface area contributed by atoms with Gasteiger partial charge < -0.3 is 9.67 Å². The summed E-state index contributed by atoms with van der Waals surface area (Å²) in [6.45, 7) is 6.38. The number of benzene rings is 1. The van der Waals surface area contributed by atoms with Crippen molar-refractivity contribution in [2.24, 2.45) is 5.92 Å². The van der Waals surface area contributed by atoms with Gasteiger partial charge in [0.05, 0.1) is 11.1 Å². The lowest BCUT2D eigenvalue weighted by Gasteiger charge is -2.29. The average Bonchev–Trinajstić information content (AvgIpc) is 3.11. The van der Waals surface area contributed by atoms with Crippen molar-refractivity contribution in [3.8, 4) is 0 Å². The van der Waals surface area contributed by atoms with Crippen LogP contribution in [0, 0.1) is 12.8 Å². The standard InChI is InChI=1S/C15H18N2O2/c1-9-16-13-11(14(18)19)5-4-6-12(13)17(9)15(2,3)10-7-8-10/h4-6,10H,7-8H2,1-3H3,(H,18,19). The second kappa shape index (κ2) is 3.83. The van der Waals surface area contributed by atoms with Crippen LogP contribution in [0.3, 0.4) is 0 Å². The van der Waals surface area contributed by atoms with Gasteiger partial charge in [0.1, 0.15) is 11.3 Å². The van der Waals surface area contributed by atoms with Gasteiger partial charge in [-0.15, -0.1) is 0 Å². The number of aryl methyl sites for hydroxylation is 1. The smallest absolute Gasteiger partial charge is 0.337 e. The molecule has 1 aliphatic rings. The summed E-state index contributed by atoms with van der Waals surface area (Å²) in [4.78, 5) is 15.8. The Bertz CT molecular complexity index is 666. The molecule has 0 saturated heterocycles. The third-order valence-corrected chi connectivity index (χ3v) is 4.24. The van der Waals surface area contributed by atoms with Crippen LogP contribution in [0.1, 0.15) is 42.9 Å². The molecule has 3 rings (SSSR count). The zero-order valence-electron chi connectivity index (χ0n) is 11.5. The molecule has 1 N–H and O–H groups in total. The minimum absolute atomic E-state index is 0.00401. The van der Waals surface area contributed by atoms with Gasteiger partial charge in [-0.05, 0) is 51.7 Å². The highest BCUT2D eigenvalue weighted by Crippen LogP contribution is 2.45. The molecule has 0 atom stereocenters. The predicted octanol–water partition coefficient (Wildman–Crippen LogP) is 3.19. The van der Waals surface area contributed by atoms with E-state index in [4.69, 9.17) is 0 Å². The maximum atomic E-state index is 11.3. The van der Waals surface area contributed by atoms with Gasteiger partial charge in [-0.25, -0.2) is 9.78 Å². The number of aromatic carboxylic acids is 1. The molecule has 1 aromatic carbocycles. The molecule has 0 bridgehead atoms. The van der Waals surface area contributed by atoms with E-state index in [1.807, 2.05) is 13.0 Å². The summed E-state index contributed by atoms with van der Waals surface area (Å²) in [5, 5.41) is 9.26. The van der Waals surface area contributed by atoms with Crippen LogP contribution in [0.2, 0.25) is 0 Å². The Morgan fingerprint density at radius 2 is 2.11 bits per heavy atom. The van der Waals surface area contributed by atoms with E-state index in [1.54, 1.807) is 12.1 Å². The fourth-order valence-corrected chi connectivity index (χ4v) is 3.09. The summed E-state index contributed by atoms with van der Waals surface area (Å²) in [5.41, 5.74) is 1.80. The van der Waals surface area contributed by atoms with Gasteiger partial charge in [-0.2, -0.15) is 0 Å². The van der Waals surface area contributed by atoms with Crippen molar-refractivity contribution in [3.05, 3.63) is 29.6 Å². The number of fused-ring (bicyclic) bond motifs is 1. The number of nitrogens with zero attached hydrogens (tertiary/aromatic N) is 2. The largest absolute Gasteiger partial charge is 0.478 e. The number of imidazole rings is 1. The Kier molecular flexibility index (Phi) is 2.46. The lowest BCUT2D eigenvalue weighted by atomic mass is 9.97. The summed E-state index contributed by atoms with van der Waals surface area (Å²) < 4.78 is 2.20. The molecule has 0 aliphatic heterocycles.